The van der Waals surface area contributed by atoms with Gasteiger partial charge in [-0.2, -0.15) is 0 Å². The molecule has 0 N–H and O–H groups in total. The number of carbonyl (C=O) groups excluding carboxylic acids is 1. The van der Waals surface area contributed by atoms with Gasteiger partial charge >= 0.3 is 5.97 Å². The number of esters is 1. The molecule has 0 saturated heterocycles. The first kappa shape index (κ1) is 23.7. The molecule has 0 saturated carbocycles. The minimum Gasteiger partial charge on any atom is -0.496 e. The predicted molar refractivity (Wildman–Crippen MR) is 138 cm³/mol. The van der Waals surface area contributed by atoms with Crippen LogP contribution in [0.1, 0.15) is 31.0 Å². The molecule has 2 aromatic carbocycles. The molecule has 9 heteroatoms. The average molecular weight is 595 g/mol. The molecule has 1 aliphatic rings. The number of allylic oxidation sites excluding steroid dienone is 1. The molecule has 0 spiro atoms. The van der Waals surface area contributed by atoms with Crippen LogP contribution in [0.15, 0.2) is 63.5 Å². The summed E-state index contributed by atoms with van der Waals surface area (Å²) < 4.78 is 13.6. The van der Waals surface area contributed by atoms with E-state index < -0.39 is 12.0 Å². The first-order chi connectivity index (χ1) is 15.8. The van der Waals surface area contributed by atoms with Crippen molar-refractivity contribution in [2.24, 2.45) is 4.99 Å². The molecule has 6 nitrogen and oxygen atoms in total. The number of nitrogens with zero attached hydrogens (tertiary/aromatic N) is 2. The molecular formula is C24H20ClIN2O4S. The second kappa shape index (κ2) is 9.82. The fraction of sp³-hybridized carbons (Fsp3) is 0.208. The summed E-state index contributed by atoms with van der Waals surface area (Å²) in [6.45, 7) is 3.73. The van der Waals surface area contributed by atoms with E-state index in [-0.39, 0.29) is 12.2 Å². The first-order valence-corrected chi connectivity index (χ1v) is 12.4. The van der Waals surface area contributed by atoms with Crippen molar-refractivity contribution in [2.75, 3.05) is 13.7 Å². The lowest BCUT2D eigenvalue weighted by molar-refractivity contribution is -0.139. The molecular weight excluding hydrogens is 575 g/mol. The third kappa shape index (κ3) is 4.64. The number of halogens is 2. The summed E-state index contributed by atoms with van der Waals surface area (Å²) in [4.78, 5) is 31.6. The topological polar surface area (TPSA) is 69.9 Å². The van der Waals surface area contributed by atoms with E-state index >= 15 is 0 Å². The Morgan fingerprint density at radius 1 is 1.27 bits per heavy atom. The summed E-state index contributed by atoms with van der Waals surface area (Å²) in [5.74, 6) is 0.282. The standard InChI is InChI=1S/C24H20ClIN2O4S/c1-4-32-23(30)20-13(2)27-24-28(21(20)15-6-8-16(25)9-7-15)22(29)19(33-24)12-14-5-10-18(31-3)17(26)11-14/h5-12,21H,4H2,1-3H3/b19-12-/t21-/m1/s1. The van der Waals surface area contributed by atoms with Gasteiger partial charge in [-0.05, 0) is 77.9 Å². The van der Waals surface area contributed by atoms with Gasteiger partial charge in [0.15, 0.2) is 4.80 Å². The van der Waals surface area contributed by atoms with Crippen LogP contribution in [-0.2, 0) is 9.53 Å². The predicted octanol–water partition coefficient (Wildman–Crippen LogP) is 4.06. The van der Waals surface area contributed by atoms with Crippen LogP contribution in [-0.4, -0.2) is 24.3 Å². The number of carbonyl (C=O) groups is 1. The van der Waals surface area contributed by atoms with Crippen LogP contribution in [0.2, 0.25) is 5.02 Å². The van der Waals surface area contributed by atoms with Crippen LogP contribution in [0.25, 0.3) is 6.08 Å². The Balaban J connectivity index is 1.93. The Bertz CT molecular complexity index is 1440. The van der Waals surface area contributed by atoms with Crippen LogP contribution in [0.4, 0.5) is 0 Å². The molecule has 0 radical (unpaired) electrons. The van der Waals surface area contributed by atoms with Crippen molar-refractivity contribution < 1.29 is 14.3 Å². The summed E-state index contributed by atoms with van der Waals surface area (Å²) >= 11 is 9.57. The zero-order valence-corrected chi connectivity index (χ0v) is 21.8. The summed E-state index contributed by atoms with van der Waals surface area (Å²) in [6, 6.07) is 12.2. The third-order valence-electron chi connectivity index (χ3n) is 5.18. The lowest BCUT2D eigenvalue weighted by Crippen LogP contribution is -2.39. The Hall–Kier alpha value is -2.43. The highest BCUT2D eigenvalue weighted by molar-refractivity contribution is 14.1. The van der Waals surface area contributed by atoms with Crippen LogP contribution in [0, 0.1) is 3.57 Å². The van der Waals surface area contributed by atoms with E-state index in [1.807, 2.05) is 36.4 Å². The third-order valence-corrected chi connectivity index (χ3v) is 7.25. The van der Waals surface area contributed by atoms with Gasteiger partial charge in [0.2, 0.25) is 0 Å². The smallest absolute Gasteiger partial charge is 0.338 e. The fourth-order valence-corrected chi connectivity index (χ4v) is 5.61. The summed E-state index contributed by atoms with van der Waals surface area (Å²) in [6.07, 6.45) is 1.83. The molecule has 1 aromatic heterocycles. The first-order valence-electron chi connectivity index (χ1n) is 10.1. The largest absolute Gasteiger partial charge is 0.496 e. The Kier molecular flexibility index (Phi) is 7.06. The molecule has 1 atom stereocenters. The minimum atomic E-state index is -0.657. The Morgan fingerprint density at radius 3 is 2.64 bits per heavy atom. The number of ether oxygens (including phenoxy) is 2. The molecule has 0 bridgehead atoms. The normalized spacial score (nSPS) is 15.8. The number of rotatable bonds is 5. The van der Waals surface area contributed by atoms with Crippen molar-refractivity contribution in [1.82, 2.24) is 4.57 Å². The van der Waals surface area contributed by atoms with Gasteiger partial charge in [-0.3, -0.25) is 9.36 Å². The second-order valence-corrected chi connectivity index (χ2v) is 9.86. The lowest BCUT2D eigenvalue weighted by atomic mass is 9.96. The summed E-state index contributed by atoms with van der Waals surface area (Å²) in [5.41, 5.74) is 2.27. The number of methoxy groups -OCH3 is 1. The molecule has 0 fully saturated rings. The van der Waals surface area contributed by atoms with E-state index in [0.717, 1.165) is 20.4 Å². The fourth-order valence-electron chi connectivity index (χ4n) is 3.68. The van der Waals surface area contributed by atoms with Crippen molar-refractivity contribution in [3.05, 3.63) is 93.1 Å². The molecule has 0 aliphatic carbocycles. The maximum atomic E-state index is 13.6. The molecule has 2 heterocycles. The van der Waals surface area contributed by atoms with Crippen molar-refractivity contribution >= 4 is 57.6 Å². The van der Waals surface area contributed by atoms with E-state index in [4.69, 9.17) is 21.1 Å². The van der Waals surface area contributed by atoms with Gasteiger partial charge in [-0.1, -0.05) is 41.1 Å². The zero-order chi connectivity index (χ0) is 23.7. The van der Waals surface area contributed by atoms with Gasteiger partial charge in [0.05, 0.1) is 39.1 Å². The maximum Gasteiger partial charge on any atom is 0.338 e. The highest BCUT2D eigenvalue weighted by atomic mass is 127. The monoisotopic (exact) mass is 594 g/mol. The van der Waals surface area contributed by atoms with Gasteiger partial charge in [0, 0.05) is 5.02 Å². The van der Waals surface area contributed by atoms with E-state index in [0.29, 0.717) is 25.6 Å². The summed E-state index contributed by atoms with van der Waals surface area (Å²) in [7, 11) is 1.62. The van der Waals surface area contributed by atoms with Gasteiger partial charge < -0.3 is 9.47 Å². The van der Waals surface area contributed by atoms with Gasteiger partial charge in [0.25, 0.3) is 5.56 Å². The minimum absolute atomic E-state index is 0.223. The van der Waals surface area contributed by atoms with E-state index in [9.17, 15) is 9.59 Å². The van der Waals surface area contributed by atoms with Crippen molar-refractivity contribution in [3.63, 3.8) is 0 Å². The highest BCUT2D eigenvalue weighted by Gasteiger charge is 2.33. The van der Waals surface area contributed by atoms with Crippen molar-refractivity contribution in [2.45, 2.75) is 19.9 Å². The lowest BCUT2D eigenvalue weighted by Gasteiger charge is -2.24. The SMILES string of the molecule is CCOC(=O)C1=C(C)N=c2s/c(=C\c3ccc(OC)c(I)c3)c(=O)n2[C@@H]1c1ccc(Cl)cc1. The quantitative estimate of drug-likeness (QED) is 0.330. The molecule has 4 rings (SSSR count). The highest BCUT2D eigenvalue weighted by Crippen LogP contribution is 2.31. The van der Waals surface area contributed by atoms with Gasteiger partial charge in [0.1, 0.15) is 5.75 Å². The number of hydrogen-bond donors (Lipinski definition) is 0. The number of hydrogen-bond acceptors (Lipinski definition) is 6. The van der Waals surface area contributed by atoms with Crippen LogP contribution >= 0.6 is 45.5 Å². The number of fused-ring (bicyclic) bond motifs is 1. The summed E-state index contributed by atoms with van der Waals surface area (Å²) in [5, 5.41) is 0.568. The van der Waals surface area contributed by atoms with E-state index in [1.165, 1.54) is 11.3 Å². The maximum absolute atomic E-state index is 13.6. The van der Waals surface area contributed by atoms with Crippen LogP contribution in [0.3, 0.4) is 0 Å². The Labute approximate surface area is 213 Å². The molecule has 170 valence electrons. The van der Waals surface area contributed by atoms with Crippen LogP contribution in [0.5, 0.6) is 5.75 Å². The number of aromatic nitrogens is 1. The van der Waals surface area contributed by atoms with Crippen molar-refractivity contribution in [1.29, 1.82) is 0 Å². The Morgan fingerprint density at radius 2 is 2.00 bits per heavy atom. The number of benzene rings is 2. The van der Waals surface area contributed by atoms with E-state index in [1.54, 1.807) is 37.7 Å². The molecule has 0 amide bonds. The van der Waals surface area contributed by atoms with E-state index in [2.05, 4.69) is 27.6 Å². The second-order valence-electron chi connectivity index (χ2n) is 7.25. The molecule has 3 aromatic rings. The number of thiazole rings is 1. The molecule has 33 heavy (non-hydrogen) atoms. The molecule has 1 aliphatic heterocycles. The molecule has 0 unspecified atom stereocenters. The zero-order valence-electron chi connectivity index (χ0n) is 18.1. The van der Waals surface area contributed by atoms with Gasteiger partial charge in [-0.25, -0.2) is 9.79 Å². The van der Waals surface area contributed by atoms with Crippen molar-refractivity contribution in [3.8, 4) is 5.75 Å². The van der Waals surface area contributed by atoms with Crippen LogP contribution < -0.4 is 19.6 Å². The average Bonchev–Trinajstić information content (AvgIpc) is 3.08. The van der Waals surface area contributed by atoms with Gasteiger partial charge in [-0.15, -0.1) is 0 Å².